The lowest BCUT2D eigenvalue weighted by Gasteiger charge is -2.31. The van der Waals surface area contributed by atoms with E-state index >= 15 is 0 Å². The number of benzene rings is 1. The molecule has 1 heterocycles. The minimum Gasteiger partial charge on any atom is -0.484 e. The molecule has 0 aromatic heterocycles. The Morgan fingerprint density at radius 1 is 1.43 bits per heavy atom. The van der Waals surface area contributed by atoms with Crippen LogP contribution in [0.2, 0.25) is 0 Å². The molecule has 2 rings (SSSR count). The highest BCUT2D eigenvalue weighted by molar-refractivity contribution is 5.92. The molecule has 1 fully saturated rings. The first-order chi connectivity index (χ1) is 10.1. The Morgan fingerprint density at radius 2 is 2.19 bits per heavy atom. The third kappa shape index (κ3) is 4.19. The van der Waals surface area contributed by atoms with E-state index in [2.05, 4.69) is 16.0 Å². The zero-order valence-corrected chi connectivity index (χ0v) is 12.3. The molecule has 1 saturated heterocycles. The second kappa shape index (κ2) is 7.08. The summed E-state index contributed by atoms with van der Waals surface area (Å²) in [5.74, 6) is 0.731. The minimum absolute atomic E-state index is 0.00458. The van der Waals surface area contributed by atoms with Gasteiger partial charge in [-0.2, -0.15) is 0 Å². The number of anilines is 1. The van der Waals surface area contributed by atoms with Crippen LogP contribution in [0.4, 0.5) is 5.69 Å². The largest absolute Gasteiger partial charge is 0.484 e. The van der Waals surface area contributed by atoms with E-state index < -0.39 is 0 Å². The summed E-state index contributed by atoms with van der Waals surface area (Å²) < 4.78 is 5.35. The van der Waals surface area contributed by atoms with Crippen LogP contribution < -0.4 is 20.7 Å². The monoisotopic (exact) mass is 291 g/mol. The molecule has 0 bridgehead atoms. The maximum Gasteiger partial charge on any atom is 0.257 e. The number of nitrogens with one attached hydrogen (secondary N) is 3. The normalized spacial score (nSPS) is 15.7. The van der Waals surface area contributed by atoms with E-state index in [0.717, 1.165) is 13.1 Å². The number of rotatable bonds is 6. The SMILES string of the molecule is CNC(=O)COc1cccc(NC(=O)C(C)C2CNC2)c1. The zero-order valence-electron chi connectivity index (χ0n) is 12.3. The molecule has 6 heteroatoms. The van der Waals surface area contributed by atoms with Crippen LogP contribution in [0.3, 0.4) is 0 Å². The van der Waals surface area contributed by atoms with Crippen LogP contribution in [-0.4, -0.2) is 38.6 Å². The Bertz CT molecular complexity index is 515. The summed E-state index contributed by atoms with van der Waals surface area (Å²) in [6.07, 6.45) is 0. The Morgan fingerprint density at radius 3 is 2.81 bits per heavy atom. The van der Waals surface area contributed by atoms with Crippen LogP contribution in [0.25, 0.3) is 0 Å². The summed E-state index contributed by atoms with van der Waals surface area (Å²) >= 11 is 0. The molecule has 1 atom stereocenters. The van der Waals surface area contributed by atoms with Crippen molar-refractivity contribution in [2.24, 2.45) is 11.8 Å². The van der Waals surface area contributed by atoms with Crippen LogP contribution in [0.1, 0.15) is 6.92 Å². The van der Waals surface area contributed by atoms with Crippen molar-refractivity contribution in [2.75, 3.05) is 32.1 Å². The van der Waals surface area contributed by atoms with E-state index in [1.165, 1.54) is 0 Å². The fraction of sp³-hybridized carbons (Fsp3) is 0.467. The van der Waals surface area contributed by atoms with Crippen molar-refractivity contribution in [2.45, 2.75) is 6.92 Å². The number of likely N-dealkylation sites (N-methyl/N-ethyl adjacent to an activating group) is 1. The predicted octanol–water partition coefficient (Wildman–Crippen LogP) is 0.605. The molecule has 0 saturated carbocycles. The Balaban J connectivity index is 1.90. The van der Waals surface area contributed by atoms with Gasteiger partial charge >= 0.3 is 0 Å². The molecule has 1 aromatic carbocycles. The Kier molecular flexibility index (Phi) is 5.16. The Hall–Kier alpha value is -2.08. The van der Waals surface area contributed by atoms with Crippen LogP contribution >= 0.6 is 0 Å². The van der Waals surface area contributed by atoms with Gasteiger partial charge < -0.3 is 20.7 Å². The topological polar surface area (TPSA) is 79.5 Å². The molecule has 0 radical (unpaired) electrons. The third-order valence-electron chi connectivity index (χ3n) is 3.68. The lowest BCUT2D eigenvalue weighted by Crippen LogP contribution is -2.48. The summed E-state index contributed by atoms with van der Waals surface area (Å²) in [5, 5.41) is 8.53. The van der Waals surface area contributed by atoms with Gasteiger partial charge in [-0.05, 0) is 31.1 Å². The molecule has 114 valence electrons. The summed E-state index contributed by atoms with van der Waals surface area (Å²) in [6.45, 7) is 3.68. The van der Waals surface area contributed by atoms with Crippen molar-refractivity contribution >= 4 is 17.5 Å². The smallest absolute Gasteiger partial charge is 0.257 e. The molecule has 1 aliphatic rings. The second-order valence-electron chi connectivity index (χ2n) is 5.19. The van der Waals surface area contributed by atoms with Gasteiger partial charge in [-0.15, -0.1) is 0 Å². The van der Waals surface area contributed by atoms with Crippen molar-refractivity contribution in [3.63, 3.8) is 0 Å². The molecule has 2 amide bonds. The number of ether oxygens (including phenoxy) is 1. The van der Waals surface area contributed by atoms with Gasteiger partial charge in [-0.3, -0.25) is 9.59 Å². The standard InChI is InChI=1S/C15H21N3O3/c1-10(11-7-17-8-11)15(20)18-12-4-3-5-13(6-12)21-9-14(19)16-2/h3-6,10-11,17H,7-9H2,1-2H3,(H,16,19)(H,18,20). The van der Waals surface area contributed by atoms with Crippen LogP contribution in [0, 0.1) is 11.8 Å². The average molecular weight is 291 g/mol. The Labute approximate surface area is 124 Å². The van der Waals surface area contributed by atoms with Crippen LogP contribution in [-0.2, 0) is 9.59 Å². The van der Waals surface area contributed by atoms with E-state index in [1.54, 1.807) is 31.3 Å². The van der Waals surface area contributed by atoms with E-state index in [1.807, 2.05) is 6.92 Å². The molecular formula is C15H21N3O3. The molecule has 0 spiro atoms. The molecule has 21 heavy (non-hydrogen) atoms. The molecule has 3 N–H and O–H groups in total. The van der Waals surface area contributed by atoms with Gasteiger partial charge in [-0.25, -0.2) is 0 Å². The number of amides is 2. The molecule has 6 nitrogen and oxygen atoms in total. The summed E-state index contributed by atoms with van der Waals surface area (Å²) in [6, 6.07) is 7.05. The number of carbonyl (C=O) groups excluding carboxylic acids is 2. The molecule has 1 unspecified atom stereocenters. The quantitative estimate of drug-likeness (QED) is 0.717. The molecule has 1 aromatic rings. The van der Waals surface area contributed by atoms with Crippen molar-refractivity contribution in [3.8, 4) is 5.75 Å². The summed E-state index contributed by atoms with van der Waals surface area (Å²) in [7, 11) is 1.55. The van der Waals surface area contributed by atoms with E-state index in [9.17, 15) is 9.59 Å². The van der Waals surface area contributed by atoms with E-state index in [4.69, 9.17) is 4.74 Å². The third-order valence-corrected chi connectivity index (χ3v) is 3.68. The van der Waals surface area contributed by atoms with Crippen molar-refractivity contribution < 1.29 is 14.3 Å². The van der Waals surface area contributed by atoms with Gasteiger partial charge in [-0.1, -0.05) is 13.0 Å². The van der Waals surface area contributed by atoms with Gasteiger partial charge in [0.05, 0.1) is 0 Å². The highest BCUT2D eigenvalue weighted by Crippen LogP contribution is 2.21. The highest BCUT2D eigenvalue weighted by atomic mass is 16.5. The van der Waals surface area contributed by atoms with Crippen molar-refractivity contribution in [3.05, 3.63) is 24.3 Å². The molecule has 0 aliphatic carbocycles. The van der Waals surface area contributed by atoms with Gasteiger partial charge in [0.1, 0.15) is 5.75 Å². The maximum absolute atomic E-state index is 12.1. The molecular weight excluding hydrogens is 270 g/mol. The first-order valence-electron chi connectivity index (χ1n) is 7.05. The fourth-order valence-corrected chi connectivity index (χ4v) is 2.02. The van der Waals surface area contributed by atoms with Crippen molar-refractivity contribution in [1.82, 2.24) is 10.6 Å². The lowest BCUT2D eigenvalue weighted by atomic mass is 9.88. The first-order valence-corrected chi connectivity index (χ1v) is 7.05. The average Bonchev–Trinajstić information content (AvgIpc) is 2.43. The fourth-order valence-electron chi connectivity index (χ4n) is 2.02. The van der Waals surface area contributed by atoms with Gasteiger partial charge in [0, 0.05) is 24.7 Å². The van der Waals surface area contributed by atoms with Crippen LogP contribution in [0.15, 0.2) is 24.3 Å². The molecule has 1 aliphatic heterocycles. The second-order valence-corrected chi connectivity index (χ2v) is 5.19. The highest BCUT2D eigenvalue weighted by Gasteiger charge is 2.28. The zero-order chi connectivity index (χ0) is 15.2. The van der Waals surface area contributed by atoms with E-state index in [-0.39, 0.29) is 24.3 Å². The number of carbonyl (C=O) groups is 2. The van der Waals surface area contributed by atoms with Gasteiger partial charge in [0.15, 0.2) is 6.61 Å². The van der Waals surface area contributed by atoms with Crippen LogP contribution in [0.5, 0.6) is 5.75 Å². The summed E-state index contributed by atoms with van der Waals surface area (Å²) in [5.41, 5.74) is 0.675. The van der Waals surface area contributed by atoms with E-state index in [0.29, 0.717) is 17.4 Å². The van der Waals surface area contributed by atoms with Gasteiger partial charge in [0.2, 0.25) is 5.91 Å². The summed E-state index contributed by atoms with van der Waals surface area (Å²) in [4.78, 5) is 23.3. The minimum atomic E-state index is -0.199. The number of hydrogen-bond donors (Lipinski definition) is 3. The maximum atomic E-state index is 12.1. The lowest BCUT2D eigenvalue weighted by molar-refractivity contribution is -0.123. The number of hydrogen-bond acceptors (Lipinski definition) is 4. The van der Waals surface area contributed by atoms with Crippen molar-refractivity contribution in [1.29, 1.82) is 0 Å². The first kappa shape index (κ1) is 15.3. The predicted molar refractivity (Wildman–Crippen MR) is 80.2 cm³/mol. The van der Waals surface area contributed by atoms with Gasteiger partial charge in [0.25, 0.3) is 5.91 Å².